The molecule has 26 heavy (non-hydrogen) atoms. The molecular formula is C23H41NO2. The van der Waals surface area contributed by atoms with Crippen molar-refractivity contribution in [2.24, 2.45) is 22.2 Å². The topological polar surface area (TPSA) is 64.2 Å². The van der Waals surface area contributed by atoms with Crippen LogP contribution in [0.25, 0.3) is 0 Å². The maximum absolute atomic E-state index is 9.94. The van der Waals surface area contributed by atoms with Crippen LogP contribution in [0.4, 0.5) is 0 Å². The molecule has 1 fully saturated rings. The van der Waals surface area contributed by atoms with Crippen LogP contribution in [-0.2, 0) is 0 Å². The average Bonchev–Trinajstić information content (AvgIpc) is 2.50. The Labute approximate surface area is 161 Å². The predicted molar refractivity (Wildman–Crippen MR) is 109 cm³/mol. The van der Waals surface area contributed by atoms with Gasteiger partial charge in [-0.2, -0.15) is 5.26 Å². The first-order valence-electron chi connectivity index (χ1n) is 10.1. The molecule has 0 heterocycles. The summed E-state index contributed by atoms with van der Waals surface area (Å²) in [5.41, 5.74) is -1.22. The quantitative estimate of drug-likeness (QED) is 0.594. The summed E-state index contributed by atoms with van der Waals surface area (Å²) in [6, 6.07) is 2.45. The van der Waals surface area contributed by atoms with Crippen molar-refractivity contribution in [1.82, 2.24) is 0 Å². The molecule has 2 atom stereocenters. The van der Waals surface area contributed by atoms with Crippen LogP contribution in [0.2, 0.25) is 0 Å². The minimum absolute atomic E-state index is 0.0260. The molecule has 150 valence electrons. The fourth-order valence-electron chi connectivity index (χ4n) is 3.79. The number of nitrogens with zero attached hydrogens (tertiary/aromatic N) is 1. The summed E-state index contributed by atoms with van der Waals surface area (Å²) in [5, 5.41) is 28.6. The summed E-state index contributed by atoms with van der Waals surface area (Å²) >= 11 is 0. The Morgan fingerprint density at radius 2 is 1.42 bits per heavy atom. The van der Waals surface area contributed by atoms with Crippen molar-refractivity contribution in [2.75, 3.05) is 0 Å². The van der Waals surface area contributed by atoms with Crippen LogP contribution in [0, 0.1) is 33.5 Å². The minimum Gasteiger partial charge on any atom is -0.390 e. The lowest BCUT2D eigenvalue weighted by atomic mass is 9.65. The zero-order valence-corrected chi connectivity index (χ0v) is 18.3. The van der Waals surface area contributed by atoms with Gasteiger partial charge in [0.25, 0.3) is 0 Å². The lowest BCUT2D eigenvalue weighted by Gasteiger charge is -2.43. The predicted octanol–water partition coefficient (Wildman–Crippen LogP) is 5.62. The normalized spacial score (nSPS) is 38.1. The van der Waals surface area contributed by atoms with E-state index in [1.54, 1.807) is 13.0 Å². The molecule has 0 aromatic heterocycles. The van der Waals surface area contributed by atoms with E-state index < -0.39 is 11.2 Å². The summed E-state index contributed by atoms with van der Waals surface area (Å²) in [6.45, 7) is 16.5. The van der Waals surface area contributed by atoms with Crippen LogP contribution in [0.3, 0.4) is 0 Å². The molecule has 0 radical (unpaired) electrons. The van der Waals surface area contributed by atoms with Crippen LogP contribution >= 0.6 is 0 Å². The molecule has 0 aromatic carbocycles. The second-order valence-electron chi connectivity index (χ2n) is 11.0. The van der Waals surface area contributed by atoms with Crippen molar-refractivity contribution in [3.8, 4) is 6.07 Å². The third kappa shape index (κ3) is 6.10. The highest BCUT2D eigenvalue weighted by Gasteiger charge is 2.41. The molecule has 1 saturated carbocycles. The van der Waals surface area contributed by atoms with Gasteiger partial charge in [0.1, 0.15) is 0 Å². The van der Waals surface area contributed by atoms with E-state index in [0.717, 1.165) is 25.2 Å². The zero-order valence-electron chi connectivity index (χ0n) is 18.3. The van der Waals surface area contributed by atoms with Crippen molar-refractivity contribution in [3.05, 3.63) is 12.2 Å². The fraction of sp³-hybridized carbons (Fsp3) is 0.870. The first-order chi connectivity index (χ1) is 11.5. The molecule has 2 aliphatic carbocycles. The summed E-state index contributed by atoms with van der Waals surface area (Å²) in [6.07, 6.45) is 9.91. The highest BCUT2D eigenvalue weighted by molar-refractivity contribution is 5.15. The van der Waals surface area contributed by atoms with Crippen molar-refractivity contribution in [3.63, 3.8) is 0 Å². The van der Waals surface area contributed by atoms with Crippen LogP contribution < -0.4 is 0 Å². The maximum atomic E-state index is 9.94. The maximum Gasteiger partial charge on any atom is 0.0800 e. The molecule has 2 unspecified atom stereocenters. The van der Waals surface area contributed by atoms with Gasteiger partial charge in [-0.3, -0.25) is 0 Å². The SMILES string of the molecule is CC1(C#N)CCC(C(C)(C)C)CC1.CC1(O)C=CC(C)(C(C)(C)O)CC1. The van der Waals surface area contributed by atoms with E-state index >= 15 is 0 Å². The summed E-state index contributed by atoms with van der Waals surface area (Å²) in [4.78, 5) is 0. The van der Waals surface area contributed by atoms with Gasteiger partial charge < -0.3 is 10.2 Å². The molecule has 2 N–H and O–H groups in total. The van der Waals surface area contributed by atoms with E-state index in [1.165, 1.54) is 12.8 Å². The van der Waals surface area contributed by atoms with Crippen molar-refractivity contribution in [2.45, 2.75) is 105 Å². The summed E-state index contributed by atoms with van der Waals surface area (Å²) in [5.74, 6) is 0.814. The second-order valence-corrected chi connectivity index (χ2v) is 11.0. The smallest absolute Gasteiger partial charge is 0.0800 e. The largest absolute Gasteiger partial charge is 0.390 e. The van der Waals surface area contributed by atoms with Crippen LogP contribution in [-0.4, -0.2) is 21.4 Å². The van der Waals surface area contributed by atoms with E-state index in [-0.39, 0.29) is 10.8 Å². The molecule has 0 amide bonds. The van der Waals surface area contributed by atoms with E-state index in [1.807, 2.05) is 26.8 Å². The number of nitriles is 1. The van der Waals surface area contributed by atoms with Gasteiger partial charge in [-0.05, 0) is 77.6 Å². The van der Waals surface area contributed by atoms with Gasteiger partial charge in [-0.15, -0.1) is 0 Å². The van der Waals surface area contributed by atoms with E-state index in [2.05, 4.69) is 33.8 Å². The molecule has 0 saturated heterocycles. The summed E-state index contributed by atoms with van der Waals surface area (Å²) < 4.78 is 0. The third-order valence-corrected chi connectivity index (χ3v) is 6.94. The standard InChI is InChI=1S/C12H21N.C11H20O2/c1-11(2,3)10-5-7-12(4,9-13)8-6-10;1-9(2,12)10(3)5-7-11(4,13)8-6-10/h10H,5-8H2,1-4H3;5,7,12-13H,6,8H2,1-4H3. The van der Waals surface area contributed by atoms with Gasteiger partial charge in [0, 0.05) is 5.41 Å². The van der Waals surface area contributed by atoms with Crippen LogP contribution in [0.1, 0.15) is 93.9 Å². The van der Waals surface area contributed by atoms with Gasteiger partial charge in [-0.25, -0.2) is 0 Å². The molecule has 3 nitrogen and oxygen atoms in total. The molecular weight excluding hydrogens is 322 g/mol. The number of hydrogen-bond acceptors (Lipinski definition) is 3. The summed E-state index contributed by atoms with van der Waals surface area (Å²) in [7, 11) is 0. The number of aliphatic hydroxyl groups is 2. The van der Waals surface area contributed by atoms with Crippen molar-refractivity contribution >= 4 is 0 Å². The molecule has 0 aromatic rings. The minimum atomic E-state index is -0.722. The molecule has 0 aliphatic heterocycles. The Hall–Kier alpha value is -0.850. The third-order valence-electron chi connectivity index (χ3n) is 6.94. The number of hydrogen-bond donors (Lipinski definition) is 2. The van der Waals surface area contributed by atoms with Gasteiger partial charge in [0.15, 0.2) is 0 Å². The van der Waals surface area contributed by atoms with Gasteiger partial charge in [-0.1, -0.05) is 39.8 Å². The molecule has 0 bridgehead atoms. The Balaban J connectivity index is 0.000000260. The first kappa shape index (κ1) is 23.2. The fourth-order valence-corrected chi connectivity index (χ4v) is 3.79. The monoisotopic (exact) mass is 363 g/mol. The Kier molecular flexibility index (Phi) is 6.82. The highest BCUT2D eigenvalue weighted by Crippen LogP contribution is 2.45. The average molecular weight is 364 g/mol. The molecule has 0 spiro atoms. The highest BCUT2D eigenvalue weighted by atomic mass is 16.3. The first-order valence-corrected chi connectivity index (χ1v) is 10.1. The Morgan fingerprint density at radius 1 is 0.923 bits per heavy atom. The van der Waals surface area contributed by atoms with Crippen molar-refractivity contribution < 1.29 is 10.2 Å². The lowest BCUT2D eigenvalue weighted by molar-refractivity contribution is -0.0407. The van der Waals surface area contributed by atoms with Gasteiger partial charge >= 0.3 is 0 Å². The molecule has 2 aliphatic rings. The van der Waals surface area contributed by atoms with Crippen molar-refractivity contribution in [1.29, 1.82) is 5.26 Å². The van der Waals surface area contributed by atoms with Gasteiger partial charge in [0.05, 0.1) is 22.7 Å². The van der Waals surface area contributed by atoms with E-state index in [9.17, 15) is 10.2 Å². The molecule has 3 heteroatoms. The second kappa shape index (κ2) is 7.64. The Bertz CT molecular complexity index is 534. The van der Waals surface area contributed by atoms with E-state index in [4.69, 9.17) is 5.26 Å². The molecule has 2 rings (SSSR count). The Morgan fingerprint density at radius 3 is 1.73 bits per heavy atom. The van der Waals surface area contributed by atoms with E-state index in [0.29, 0.717) is 11.8 Å². The number of rotatable bonds is 1. The van der Waals surface area contributed by atoms with Gasteiger partial charge in [0.2, 0.25) is 0 Å². The lowest BCUT2D eigenvalue weighted by Crippen LogP contribution is -2.44. The van der Waals surface area contributed by atoms with Crippen LogP contribution in [0.5, 0.6) is 0 Å². The zero-order chi connectivity index (χ0) is 20.4. The van der Waals surface area contributed by atoms with Crippen LogP contribution in [0.15, 0.2) is 12.2 Å².